The van der Waals surface area contributed by atoms with E-state index >= 15 is 0 Å². The first-order valence-electron chi connectivity index (χ1n) is 5.30. The van der Waals surface area contributed by atoms with E-state index in [-0.39, 0.29) is 5.91 Å². The van der Waals surface area contributed by atoms with Gasteiger partial charge in [-0.1, -0.05) is 11.6 Å². The fraction of sp³-hybridized carbons (Fsp3) is 0.417. The normalized spacial score (nSPS) is 12.3. The van der Waals surface area contributed by atoms with Crippen molar-refractivity contribution in [1.82, 2.24) is 4.90 Å². The van der Waals surface area contributed by atoms with Crippen molar-refractivity contribution in [1.29, 1.82) is 0 Å². The van der Waals surface area contributed by atoms with Crippen molar-refractivity contribution in [2.45, 2.75) is 19.4 Å². The Hall–Kier alpha value is -0.580. The van der Waals surface area contributed by atoms with Crippen LogP contribution >= 0.6 is 27.5 Å². The predicted octanol–water partition coefficient (Wildman–Crippen LogP) is 2.95. The summed E-state index contributed by atoms with van der Waals surface area (Å²) < 4.78 is 0.718. The Morgan fingerprint density at radius 1 is 1.59 bits per heavy atom. The topological polar surface area (TPSA) is 40.5 Å². The maximum Gasteiger partial charge on any atom is 0.254 e. The maximum absolute atomic E-state index is 12.1. The maximum atomic E-state index is 12.1. The van der Waals surface area contributed by atoms with Crippen LogP contribution in [-0.2, 0) is 0 Å². The second-order valence-corrected chi connectivity index (χ2v) is 5.28. The third kappa shape index (κ3) is 4.30. The minimum absolute atomic E-state index is 0.111. The van der Waals surface area contributed by atoms with Crippen molar-refractivity contribution in [2.24, 2.45) is 0 Å². The Morgan fingerprint density at radius 3 is 2.82 bits per heavy atom. The van der Waals surface area contributed by atoms with Gasteiger partial charge in [-0.05, 0) is 47.5 Å². The van der Waals surface area contributed by atoms with E-state index in [1.54, 1.807) is 37.1 Å². The molecule has 1 aromatic carbocycles. The SMILES string of the molecule is CC(O)CCN(C)C(=O)c1cc(Cl)ccc1Br. The number of aliphatic hydroxyl groups is 1. The van der Waals surface area contributed by atoms with Crippen molar-refractivity contribution in [2.75, 3.05) is 13.6 Å². The van der Waals surface area contributed by atoms with Gasteiger partial charge in [-0.15, -0.1) is 0 Å². The number of rotatable bonds is 4. The quantitative estimate of drug-likeness (QED) is 0.926. The van der Waals surface area contributed by atoms with Gasteiger partial charge in [-0.2, -0.15) is 0 Å². The van der Waals surface area contributed by atoms with Crippen molar-refractivity contribution in [3.05, 3.63) is 33.3 Å². The molecule has 17 heavy (non-hydrogen) atoms. The third-order valence-corrected chi connectivity index (χ3v) is 3.31. The average Bonchev–Trinajstić information content (AvgIpc) is 2.28. The first-order valence-corrected chi connectivity index (χ1v) is 6.47. The van der Waals surface area contributed by atoms with Crippen LogP contribution in [0.15, 0.2) is 22.7 Å². The standard InChI is InChI=1S/C12H15BrClNO2/c1-8(16)5-6-15(2)12(17)10-7-9(14)3-4-11(10)13/h3-4,7-8,16H,5-6H2,1-2H3. The molecule has 0 heterocycles. The molecule has 0 saturated heterocycles. The van der Waals surface area contributed by atoms with Gasteiger partial charge < -0.3 is 10.0 Å². The molecule has 1 aromatic rings. The molecule has 1 N–H and O–H groups in total. The van der Waals surface area contributed by atoms with Crippen molar-refractivity contribution in [3.8, 4) is 0 Å². The molecule has 0 aliphatic carbocycles. The van der Waals surface area contributed by atoms with E-state index in [1.165, 1.54) is 0 Å². The molecule has 0 fully saturated rings. The molecule has 94 valence electrons. The molecular formula is C12H15BrClNO2. The number of hydrogen-bond acceptors (Lipinski definition) is 2. The zero-order chi connectivity index (χ0) is 13.0. The lowest BCUT2D eigenvalue weighted by molar-refractivity contribution is 0.0768. The van der Waals surface area contributed by atoms with Crippen LogP contribution in [0.1, 0.15) is 23.7 Å². The fourth-order valence-electron chi connectivity index (χ4n) is 1.35. The highest BCUT2D eigenvalue weighted by atomic mass is 79.9. The van der Waals surface area contributed by atoms with E-state index in [4.69, 9.17) is 11.6 Å². The number of carbonyl (C=O) groups excluding carboxylic acids is 1. The smallest absolute Gasteiger partial charge is 0.254 e. The van der Waals surface area contributed by atoms with Gasteiger partial charge in [-0.3, -0.25) is 4.79 Å². The van der Waals surface area contributed by atoms with Crippen LogP contribution in [-0.4, -0.2) is 35.6 Å². The first-order chi connectivity index (χ1) is 7.91. The first kappa shape index (κ1) is 14.5. The van der Waals surface area contributed by atoms with Crippen LogP contribution in [0.3, 0.4) is 0 Å². The van der Waals surface area contributed by atoms with Gasteiger partial charge in [0.2, 0.25) is 0 Å². The highest BCUT2D eigenvalue weighted by molar-refractivity contribution is 9.10. The summed E-state index contributed by atoms with van der Waals surface area (Å²) in [6, 6.07) is 5.10. The molecule has 0 aromatic heterocycles. The Bertz CT molecular complexity index is 409. The lowest BCUT2D eigenvalue weighted by Gasteiger charge is -2.18. The molecule has 1 rings (SSSR count). The summed E-state index contributed by atoms with van der Waals surface area (Å²) >= 11 is 9.19. The van der Waals surface area contributed by atoms with Crippen LogP contribution in [0.25, 0.3) is 0 Å². The Balaban J connectivity index is 2.78. The summed E-state index contributed by atoms with van der Waals surface area (Å²) in [5.41, 5.74) is 0.533. The molecule has 0 saturated carbocycles. The molecule has 0 aliphatic rings. The molecule has 5 heteroatoms. The van der Waals surface area contributed by atoms with Gasteiger partial charge in [-0.25, -0.2) is 0 Å². The van der Waals surface area contributed by atoms with E-state index in [2.05, 4.69) is 15.9 Å². The monoisotopic (exact) mass is 319 g/mol. The molecule has 0 spiro atoms. The van der Waals surface area contributed by atoms with Crippen LogP contribution in [0, 0.1) is 0 Å². The minimum atomic E-state index is -0.409. The number of benzene rings is 1. The summed E-state index contributed by atoms with van der Waals surface area (Å²) in [6.45, 7) is 2.21. The van der Waals surface area contributed by atoms with Gasteiger partial charge in [0.25, 0.3) is 5.91 Å². The molecule has 0 bridgehead atoms. The van der Waals surface area contributed by atoms with Crippen LogP contribution in [0.5, 0.6) is 0 Å². The second-order valence-electron chi connectivity index (χ2n) is 3.99. The van der Waals surface area contributed by atoms with E-state index in [0.29, 0.717) is 23.6 Å². The lowest BCUT2D eigenvalue weighted by Crippen LogP contribution is -2.29. The Labute approximate surface area is 115 Å². The number of hydrogen-bond donors (Lipinski definition) is 1. The van der Waals surface area contributed by atoms with Gasteiger partial charge in [0.1, 0.15) is 0 Å². The number of amides is 1. The van der Waals surface area contributed by atoms with Gasteiger partial charge >= 0.3 is 0 Å². The zero-order valence-electron chi connectivity index (χ0n) is 9.78. The highest BCUT2D eigenvalue weighted by Gasteiger charge is 2.15. The molecule has 1 unspecified atom stereocenters. The molecule has 1 atom stereocenters. The zero-order valence-corrected chi connectivity index (χ0v) is 12.1. The summed E-state index contributed by atoms with van der Waals surface area (Å²) in [6.07, 6.45) is 0.147. The molecular weight excluding hydrogens is 305 g/mol. The summed E-state index contributed by atoms with van der Waals surface area (Å²) in [5.74, 6) is -0.111. The molecule has 0 radical (unpaired) electrons. The van der Waals surface area contributed by atoms with Gasteiger partial charge in [0.15, 0.2) is 0 Å². The molecule has 1 amide bonds. The summed E-state index contributed by atoms with van der Waals surface area (Å²) in [5, 5.41) is 9.71. The van der Waals surface area contributed by atoms with E-state index in [1.807, 2.05) is 0 Å². The summed E-state index contributed by atoms with van der Waals surface area (Å²) in [7, 11) is 1.71. The van der Waals surface area contributed by atoms with E-state index in [0.717, 1.165) is 4.47 Å². The van der Waals surface area contributed by atoms with Crippen LogP contribution in [0.2, 0.25) is 5.02 Å². The van der Waals surface area contributed by atoms with Crippen LogP contribution < -0.4 is 0 Å². The van der Waals surface area contributed by atoms with Gasteiger partial charge in [0, 0.05) is 23.1 Å². The lowest BCUT2D eigenvalue weighted by atomic mass is 10.2. The molecule has 0 aliphatic heterocycles. The number of carbonyl (C=O) groups is 1. The minimum Gasteiger partial charge on any atom is -0.393 e. The van der Waals surface area contributed by atoms with E-state index in [9.17, 15) is 9.90 Å². The number of nitrogens with zero attached hydrogens (tertiary/aromatic N) is 1. The van der Waals surface area contributed by atoms with E-state index < -0.39 is 6.10 Å². The van der Waals surface area contributed by atoms with Crippen LogP contribution in [0.4, 0.5) is 0 Å². The predicted molar refractivity (Wildman–Crippen MR) is 72.4 cm³/mol. The van der Waals surface area contributed by atoms with Crippen molar-refractivity contribution < 1.29 is 9.90 Å². The third-order valence-electron chi connectivity index (χ3n) is 2.39. The highest BCUT2D eigenvalue weighted by Crippen LogP contribution is 2.22. The molecule has 3 nitrogen and oxygen atoms in total. The summed E-state index contributed by atoms with van der Waals surface area (Å²) in [4.78, 5) is 13.7. The number of halogens is 2. The second kappa shape index (κ2) is 6.38. The number of aliphatic hydroxyl groups excluding tert-OH is 1. The Morgan fingerprint density at radius 2 is 2.24 bits per heavy atom. The fourth-order valence-corrected chi connectivity index (χ4v) is 1.94. The Kier molecular flexibility index (Phi) is 5.43. The van der Waals surface area contributed by atoms with Crippen molar-refractivity contribution >= 4 is 33.4 Å². The largest absolute Gasteiger partial charge is 0.393 e. The van der Waals surface area contributed by atoms with Crippen molar-refractivity contribution in [3.63, 3.8) is 0 Å². The average molecular weight is 321 g/mol. The van der Waals surface area contributed by atoms with Gasteiger partial charge in [0.05, 0.1) is 11.7 Å².